The molecule has 0 bridgehead atoms. The lowest BCUT2D eigenvalue weighted by molar-refractivity contribution is 0.0462. The summed E-state index contributed by atoms with van der Waals surface area (Å²) in [6.45, 7) is 1.77. The molecule has 0 saturated carbocycles. The number of hydrogen-bond donors (Lipinski definition) is 2. The Hall–Kier alpha value is -4.41. The molecule has 0 saturated heterocycles. The zero-order valence-corrected chi connectivity index (χ0v) is 15.9. The molecule has 150 valence electrons. The van der Waals surface area contributed by atoms with E-state index in [0.717, 1.165) is 11.3 Å². The van der Waals surface area contributed by atoms with Gasteiger partial charge in [0.25, 0.3) is 0 Å². The predicted octanol–water partition coefficient (Wildman–Crippen LogP) is 1.84. The molecule has 2 aromatic heterocycles. The van der Waals surface area contributed by atoms with Gasteiger partial charge in [-0.05, 0) is 41.1 Å². The van der Waals surface area contributed by atoms with Gasteiger partial charge in [-0.15, -0.1) is 5.10 Å². The number of anilines is 3. The third kappa shape index (κ3) is 4.19. The number of rotatable bonds is 6. The van der Waals surface area contributed by atoms with Crippen molar-refractivity contribution in [3.8, 4) is 5.69 Å². The Balaban J connectivity index is 1.50. The summed E-state index contributed by atoms with van der Waals surface area (Å²) in [7, 11) is 0. The fourth-order valence-electron chi connectivity index (χ4n) is 2.72. The first-order chi connectivity index (χ1) is 14.6. The molecule has 2 aromatic carbocycles. The monoisotopic (exact) mass is 403 g/mol. The molecule has 0 spiro atoms. The standard InChI is InChI=1S/C19H17N9O2/c1-12-6-2-4-8-14(12)22-19-24-16(23-18(20)25-19)10-30-17(29)13-7-3-5-9-15(13)28-11-21-26-27-28/h2-9,11H,10H2,1H3,(H3,20,22,23,24,25). The number of tetrazole rings is 1. The van der Waals surface area contributed by atoms with Crippen LogP contribution in [0.5, 0.6) is 0 Å². The number of ether oxygens (including phenoxy) is 1. The number of para-hydroxylation sites is 2. The van der Waals surface area contributed by atoms with E-state index < -0.39 is 5.97 Å². The van der Waals surface area contributed by atoms with E-state index in [0.29, 0.717) is 11.3 Å². The van der Waals surface area contributed by atoms with Crippen LogP contribution in [0.15, 0.2) is 54.9 Å². The third-order valence-electron chi connectivity index (χ3n) is 4.14. The van der Waals surface area contributed by atoms with Crippen molar-refractivity contribution in [3.63, 3.8) is 0 Å². The van der Waals surface area contributed by atoms with Crippen molar-refractivity contribution in [3.05, 3.63) is 71.8 Å². The Morgan fingerprint density at radius 1 is 1.10 bits per heavy atom. The molecule has 0 aliphatic rings. The molecule has 11 nitrogen and oxygen atoms in total. The molecule has 4 aromatic rings. The zero-order valence-electron chi connectivity index (χ0n) is 15.9. The van der Waals surface area contributed by atoms with Crippen LogP contribution in [0.1, 0.15) is 21.7 Å². The molecule has 0 fully saturated rings. The Bertz CT molecular complexity index is 1180. The summed E-state index contributed by atoms with van der Waals surface area (Å²) in [5.41, 5.74) is 8.43. The van der Waals surface area contributed by atoms with E-state index in [1.807, 2.05) is 31.2 Å². The molecule has 11 heteroatoms. The van der Waals surface area contributed by atoms with E-state index in [1.165, 1.54) is 11.0 Å². The number of nitrogens with zero attached hydrogens (tertiary/aromatic N) is 7. The number of esters is 1. The molecule has 30 heavy (non-hydrogen) atoms. The van der Waals surface area contributed by atoms with Crippen LogP contribution in [-0.4, -0.2) is 41.1 Å². The van der Waals surface area contributed by atoms with Gasteiger partial charge >= 0.3 is 5.97 Å². The highest BCUT2D eigenvalue weighted by Crippen LogP contribution is 2.18. The maximum Gasteiger partial charge on any atom is 0.340 e. The third-order valence-corrected chi connectivity index (χ3v) is 4.14. The van der Waals surface area contributed by atoms with Crippen molar-refractivity contribution >= 4 is 23.6 Å². The fourth-order valence-corrected chi connectivity index (χ4v) is 2.72. The lowest BCUT2D eigenvalue weighted by Gasteiger charge is -2.10. The van der Waals surface area contributed by atoms with Crippen molar-refractivity contribution in [2.24, 2.45) is 0 Å². The van der Waals surface area contributed by atoms with Gasteiger partial charge in [0.15, 0.2) is 12.4 Å². The van der Waals surface area contributed by atoms with Gasteiger partial charge < -0.3 is 15.8 Å². The number of hydrogen-bond acceptors (Lipinski definition) is 10. The summed E-state index contributed by atoms with van der Waals surface area (Å²) < 4.78 is 6.76. The normalized spacial score (nSPS) is 10.6. The van der Waals surface area contributed by atoms with E-state index in [-0.39, 0.29) is 24.3 Å². The van der Waals surface area contributed by atoms with E-state index >= 15 is 0 Å². The Morgan fingerprint density at radius 3 is 2.70 bits per heavy atom. The second-order valence-corrected chi connectivity index (χ2v) is 6.22. The quantitative estimate of drug-likeness (QED) is 0.457. The van der Waals surface area contributed by atoms with Crippen molar-refractivity contribution < 1.29 is 9.53 Å². The van der Waals surface area contributed by atoms with Crippen LogP contribution in [0, 0.1) is 6.92 Å². The van der Waals surface area contributed by atoms with Crippen molar-refractivity contribution in [1.82, 2.24) is 35.2 Å². The van der Waals surface area contributed by atoms with Crippen LogP contribution in [0.4, 0.5) is 17.6 Å². The molecular weight excluding hydrogens is 386 g/mol. The maximum absolute atomic E-state index is 12.6. The number of benzene rings is 2. The minimum absolute atomic E-state index is 0.0150. The predicted molar refractivity (Wildman–Crippen MR) is 107 cm³/mol. The van der Waals surface area contributed by atoms with Gasteiger partial charge in [-0.25, -0.2) is 4.79 Å². The number of aryl methyl sites for hydroxylation is 1. The Morgan fingerprint density at radius 2 is 1.90 bits per heavy atom. The van der Waals surface area contributed by atoms with Gasteiger partial charge in [-0.2, -0.15) is 19.6 Å². The summed E-state index contributed by atoms with van der Waals surface area (Å²) in [6.07, 6.45) is 1.39. The van der Waals surface area contributed by atoms with Crippen molar-refractivity contribution in [1.29, 1.82) is 0 Å². The average Bonchev–Trinajstić information content (AvgIpc) is 3.28. The molecule has 0 unspecified atom stereocenters. The highest BCUT2D eigenvalue weighted by atomic mass is 16.5. The molecule has 0 radical (unpaired) electrons. The van der Waals surface area contributed by atoms with E-state index in [9.17, 15) is 4.79 Å². The maximum atomic E-state index is 12.6. The molecule has 2 heterocycles. The minimum atomic E-state index is -0.575. The van der Waals surface area contributed by atoms with Gasteiger partial charge in [0.05, 0.1) is 11.3 Å². The number of nitrogens with one attached hydrogen (secondary N) is 1. The number of nitrogen functional groups attached to an aromatic ring is 1. The fraction of sp³-hybridized carbons (Fsp3) is 0.105. The van der Waals surface area contributed by atoms with Crippen molar-refractivity contribution in [2.45, 2.75) is 13.5 Å². The molecule has 3 N–H and O–H groups in total. The molecule has 0 atom stereocenters. The summed E-state index contributed by atoms with van der Waals surface area (Å²) in [5.74, 6) is -0.0847. The van der Waals surface area contributed by atoms with Crippen LogP contribution in [0.25, 0.3) is 5.69 Å². The number of aromatic nitrogens is 7. The van der Waals surface area contributed by atoms with Crippen LogP contribution in [0.3, 0.4) is 0 Å². The topological polar surface area (TPSA) is 147 Å². The summed E-state index contributed by atoms with van der Waals surface area (Å²) in [5, 5.41) is 14.1. The summed E-state index contributed by atoms with van der Waals surface area (Å²) in [6, 6.07) is 14.5. The van der Waals surface area contributed by atoms with Crippen LogP contribution in [0.2, 0.25) is 0 Å². The van der Waals surface area contributed by atoms with E-state index in [2.05, 4.69) is 35.8 Å². The molecular formula is C19H17N9O2. The highest BCUT2D eigenvalue weighted by Gasteiger charge is 2.16. The van der Waals surface area contributed by atoms with E-state index in [1.54, 1.807) is 24.3 Å². The SMILES string of the molecule is Cc1ccccc1Nc1nc(N)nc(COC(=O)c2ccccc2-n2cnnn2)n1. The average molecular weight is 403 g/mol. The Kier molecular flexibility index (Phi) is 5.24. The second-order valence-electron chi connectivity index (χ2n) is 6.22. The zero-order chi connectivity index (χ0) is 20.9. The summed E-state index contributed by atoms with van der Waals surface area (Å²) in [4.78, 5) is 25.0. The number of carbonyl (C=O) groups excluding carboxylic acids is 1. The lowest BCUT2D eigenvalue weighted by atomic mass is 10.2. The molecule has 0 aliphatic carbocycles. The molecule has 0 aliphatic heterocycles. The first-order valence-corrected chi connectivity index (χ1v) is 8.93. The van der Waals surface area contributed by atoms with E-state index in [4.69, 9.17) is 10.5 Å². The number of nitrogens with two attached hydrogens (primary N) is 1. The van der Waals surface area contributed by atoms with Crippen molar-refractivity contribution in [2.75, 3.05) is 11.1 Å². The molecule has 4 rings (SSSR count). The summed E-state index contributed by atoms with van der Waals surface area (Å²) >= 11 is 0. The van der Waals surface area contributed by atoms with Crippen LogP contribution >= 0.6 is 0 Å². The van der Waals surface area contributed by atoms with Gasteiger partial charge in [0.2, 0.25) is 11.9 Å². The van der Waals surface area contributed by atoms with Crippen LogP contribution in [-0.2, 0) is 11.3 Å². The van der Waals surface area contributed by atoms with Gasteiger partial charge in [-0.3, -0.25) is 0 Å². The first-order valence-electron chi connectivity index (χ1n) is 8.93. The van der Waals surface area contributed by atoms with Gasteiger partial charge in [-0.1, -0.05) is 30.3 Å². The minimum Gasteiger partial charge on any atom is -0.454 e. The molecule has 0 amide bonds. The van der Waals surface area contributed by atoms with Gasteiger partial charge in [0, 0.05) is 5.69 Å². The first kappa shape index (κ1) is 18.9. The van der Waals surface area contributed by atoms with Crippen LogP contribution < -0.4 is 11.1 Å². The van der Waals surface area contributed by atoms with Gasteiger partial charge in [0.1, 0.15) is 6.33 Å². The smallest absolute Gasteiger partial charge is 0.340 e. The second kappa shape index (κ2) is 8.31. The Labute approximate surface area is 171 Å². The lowest BCUT2D eigenvalue weighted by Crippen LogP contribution is -2.13. The largest absolute Gasteiger partial charge is 0.454 e. The number of carbonyl (C=O) groups is 1. The highest BCUT2D eigenvalue weighted by molar-refractivity contribution is 5.93.